The number of likely N-dealkylation sites (N-methyl/N-ethyl adjacent to an activating group) is 1. The molecule has 0 aromatic carbocycles. The zero-order valence-electron chi connectivity index (χ0n) is 11.6. The van der Waals surface area contributed by atoms with Crippen LogP contribution in [-0.2, 0) is 4.79 Å². The zero-order valence-corrected chi connectivity index (χ0v) is 11.6. The van der Waals surface area contributed by atoms with Crippen LogP contribution < -0.4 is 0 Å². The van der Waals surface area contributed by atoms with E-state index < -0.39 is 5.97 Å². The standard InChI is InChI=1S/C14H26N2O2/c1-3-15(4-2)8-9-16-10-11-6-5-7-12(11)13(16)14(17)18/h11-13H,3-10H2,1-2H3,(H,17,18). The van der Waals surface area contributed by atoms with Crippen molar-refractivity contribution >= 4 is 5.97 Å². The lowest BCUT2D eigenvalue weighted by Gasteiger charge is -2.27. The van der Waals surface area contributed by atoms with Gasteiger partial charge in [0.15, 0.2) is 0 Å². The second kappa shape index (κ2) is 6.02. The van der Waals surface area contributed by atoms with Gasteiger partial charge in [-0.25, -0.2) is 0 Å². The summed E-state index contributed by atoms with van der Waals surface area (Å²) in [7, 11) is 0. The highest BCUT2D eigenvalue weighted by Crippen LogP contribution is 2.42. The van der Waals surface area contributed by atoms with E-state index in [0.29, 0.717) is 11.8 Å². The van der Waals surface area contributed by atoms with E-state index in [4.69, 9.17) is 0 Å². The van der Waals surface area contributed by atoms with Crippen molar-refractivity contribution in [1.29, 1.82) is 0 Å². The van der Waals surface area contributed by atoms with Crippen LogP contribution in [0.5, 0.6) is 0 Å². The second-order valence-electron chi connectivity index (χ2n) is 5.66. The van der Waals surface area contributed by atoms with Gasteiger partial charge in [-0.05, 0) is 37.8 Å². The molecule has 18 heavy (non-hydrogen) atoms. The van der Waals surface area contributed by atoms with Crippen molar-refractivity contribution in [3.8, 4) is 0 Å². The summed E-state index contributed by atoms with van der Waals surface area (Å²) in [4.78, 5) is 16.1. The third kappa shape index (κ3) is 2.69. The number of nitrogens with zero attached hydrogens (tertiary/aromatic N) is 2. The van der Waals surface area contributed by atoms with Crippen LogP contribution in [-0.4, -0.2) is 59.6 Å². The van der Waals surface area contributed by atoms with Crippen molar-refractivity contribution in [3.63, 3.8) is 0 Å². The minimum atomic E-state index is -0.607. The number of carboxylic acids is 1. The Bertz CT molecular complexity index is 292. The maximum Gasteiger partial charge on any atom is 0.321 e. The molecule has 0 radical (unpaired) electrons. The van der Waals surface area contributed by atoms with Crippen LogP contribution in [0.3, 0.4) is 0 Å². The average Bonchev–Trinajstić information content (AvgIpc) is 2.89. The highest BCUT2D eigenvalue weighted by atomic mass is 16.4. The van der Waals surface area contributed by atoms with E-state index >= 15 is 0 Å². The predicted molar refractivity (Wildman–Crippen MR) is 71.6 cm³/mol. The Morgan fingerprint density at radius 2 is 2.06 bits per heavy atom. The van der Waals surface area contributed by atoms with Crippen molar-refractivity contribution in [2.75, 3.05) is 32.7 Å². The first kappa shape index (κ1) is 13.8. The topological polar surface area (TPSA) is 43.8 Å². The van der Waals surface area contributed by atoms with Crippen LogP contribution >= 0.6 is 0 Å². The molecule has 0 aromatic rings. The summed E-state index contributed by atoms with van der Waals surface area (Å²) in [6, 6.07) is -0.215. The molecule has 1 heterocycles. The number of carbonyl (C=O) groups is 1. The largest absolute Gasteiger partial charge is 0.480 e. The summed E-state index contributed by atoms with van der Waals surface area (Å²) in [6.45, 7) is 9.34. The van der Waals surface area contributed by atoms with Gasteiger partial charge in [-0.1, -0.05) is 20.3 Å². The van der Waals surface area contributed by atoms with Gasteiger partial charge in [0.05, 0.1) is 0 Å². The Kier molecular flexibility index (Phi) is 4.62. The average molecular weight is 254 g/mol. The van der Waals surface area contributed by atoms with E-state index in [1.807, 2.05) is 0 Å². The maximum absolute atomic E-state index is 11.5. The highest BCUT2D eigenvalue weighted by molar-refractivity contribution is 5.74. The SMILES string of the molecule is CCN(CC)CCN1CC2CCCC2C1C(=O)O. The number of rotatable bonds is 6. The number of hydrogen-bond acceptors (Lipinski definition) is 3. The third-order valence-electron chi connectivity index (χ3n) is 4.84. The van der Waals surface area contributed by atoms with Crippen LogP contribution in [0.4, 0.5) is 0 Å². The third-order valence-corrected chi connectivity index (χ3v) is 4.84. The molecule has 3 unspecified atom stereocenters. The van der Waals surface area contributed by atoms with Gasteiger partial charge < -0.3 is 10.0 Å². The van der Waals surface area contributed by atoms with Crippen molar-refractivity contribution in [3.05, 3.63) is 0 Å². The molecule has 1 aliphatic carbocycles. The molecular weight excluding hydrogens is 228 g/mol. The molecule has 0 bridgehead atoms. The Morgan fingerprint density at radius 1 is 1.33 bits per heavy atom. The van der Waals surface area contributed by atoms with Crippen molar-refractivity contribution in [2.24, 2.45) is 11.8 Å². The Balaban J connectivity index is 1.93. The Labute approximate surface area is 110 Å². The van der Waals surface area contributed by atoms with Gasteiger partial charge in [0.1, 0.15) is 6.04 Å². The van der Waals surface area contributed by atoms with E-state index in [0.717, 1.165) is 39.1 Å². The van der Waals surface area contributed by atoms with Gasteiger partial charge in [-0.3, -0.25) is 9.69 Å². The molecule has 1 saturated carbocycles. The van der Waals surface area contributed by atoms with Crippen molar-refractivity contribution < 1.29 is 9.90 Å². The number of fused-ring (bicyclic) bond motifs is 1. The van der Waals surface area contributed by atoms with Crippen LogP contribution in [0.15, 0.2) is 0 Å². The van der Waals surface area contributed by atoms with Gasteiger partial charge in [-0.15, -0.1) is 0 Å². The molecule has 0 aromatic heterocycles. The summed E-state index contributed by atoms with van der Waals surface area (Å²) in [5.41, 5.74) is 0. The number of hydrogen-bond donors (Lipinski definition) is 1. The molecule has 3 atom stereocenters. The predicted octanol–water partition coefficient (Wildman–Crippen LogP) is 1.51. The van der Waals surface area contributed by atoms with Gasteiger partial charge in [0, 0.05) is 19.6 Å². The lowest BCUT2D eigenvalue weighted by atomic mass is 9.94. The molecule has 1 saturated heterocycles. The van der Waals surface area contributed by atoms with E-state index in [9.17, 15) is 9.90 Å². The fourth-order valence-electron chi connectivity index (χ4n) is 3.77. The number of carboxylic acid groups (broad SMARTS) is 1. The maximum atomic E-state index is 11.5. The molecule has 4 nitrogen and oxygen atoms in total. The Hall–Kier alpha value is -0.610. The first-order chi connectivity index (χ1) is 8.67. The lowest BCUT2D eigenvalue weighted by molar-refractivity contribution is -0.143. The summed E-state index contributed by atoms with van der Waals surface area (Å²) >= 11 is 0. The molecular formula is C14H26N2O2. The van der Waals surface area contributed by atoms with Crippen LogP contribution in [0, 0.1) is 11.8 Å². The first-order valence-electron chi connectivity index (χ1n) is 7.36. The van der Waals surface area contributed by atoms with Crippen molar-refractivity contribution in [2.45, 2.75) is 39.2 Å². The summed E-state index contributed by atoms with van der Waals surface area (Å²) in [5, 5.41) is 9.46. The molecule has 2 aliphatic rings. The molecule has 1 N–H and O–H groups in total. The molecule has 0 amide bonds. The second-order valence-corrected chi connectivity index (χ2v) is 5.66. The molecule has 4 heteroatoms. The number of likely N-dealkylation sites (tertiary alicyclic amines) is 1. The molecule has 2 rings (SSSR count). The van der Waals surface area contributed by atoms with E-state index in [1.165, 1.54) is 12.8 Å². The highest BCUT2D eigenvalue weighted by Gasteiger charge is 2.47. The van der Waals surface area contributed by atoms with Gasteiger partial charge in [0.2, 0.25) is 0 Å². The molecule has 1 aliphatic heterocycles. The molecule has 2 fully saturated rings. The molecule has 0 spiro atoms. The van der Waals surface area contributed by atoms with E-state index in [2.05, 4.69) is 23.6 Å². The fourth-order valence-corrected chi connectivity index (χ4v) is 3.77. The monoisotopic (exact) mass is 254 g/mol. The summed E-state index contributed by atoms with van der Waals surface area (Å²) in [6.07, 6.45) is 3.57. The lowest BCUT2D eigenvalue weighted by Crippen LogP contribution is -2.43. The Morgan fingerprint density at radius 3 is 2.67 bits per heavy atom. The molecule has 104 valence electrons. The minimum Gasteiger partial charge on any atom is -0.480 e. The van der Waals surface area contributed by atoms with Crippen molar-refractivity contribution in [1.82, 2.24) is 9.80 Å². The van der Waals surface area contributed by atoms with Gasteiger partial charge >= 0.3 is 5.97 Å². The van der Waals surface area contributed by atoms with Crippen LogP contribution in [0.25, 0.3) is 0 Å². The van der Waals surface area contributed by atoms with Crippen LogP contribution in [0.2, 0.25) is 0 Å². The fraction of sp³-hybridized carbons (Fsp3) is 0.929. The van der Waals surface area contributed by atoms with Crippen LogP contribution in [0.1, 0.15) is 33.1 Å². The summed E-state index contributed by atoms with van der Waals surface area (Å²) in [5.74, 6) is 0.450. The summed E-state index contributed by atoms with van der Waals surface area (Å²) < 4.78 is 0. The quantitative estimate of drug-likeness (QED) is 0.780. The van der Waals surface area contributed by atoms with E-state index in [1.54, 1.807) is 0 Å². The number of aliphatic carboxylic acids is 1. The zero-order chi connectivity index (χ0) is 13.1. The first-order valence-corrected chi connectivity index (χ1v) is 7.36. The minimum absolute atomic E-state index is 0.215. The van der Waals surface area contributed by atoms with E-state index in [-0.39, 0.29) is 6.04 Å². The van der Waals surface area contributed by atoms with Gasteiger partial charge in [-0.2, -0.15) is 0 Å². The normalized spacial score (nSPS) is 32.1. The smallest absolute Gasteiger partial charge is 0.321 e. The van der Waals surface area contributed by atoms with Gasteiger partial charge in [0.25, 0.3) is 0 Å².